The smallest absolute Gasteiger partial charge is 0.199 e. The van der Waals surface area contributed by atoms with Gasteiger partial charge < -0.3 is 0 Å². The van der Waals surface area contributed by atoms with E-state index in [9.17, 15) is 17.6 Å². The summed E-state index contributed by atoms with van der Waals surface area (Å²) in [5, 5.41) is 0. The molecule has 0 bridgehead atoms. The lowest BCUT2D eigenvalue weighted by Gasteiger charge is -2.05. The summed E-state index contributed by atoms with van der Waals surface area (Å²) in [5.41, 5.74) is -1.37. The van der Waals surface area contributed by atoms with Crippen LogP contribution in [0.1, 0.15) is 5.69 Å². The summed E-state index contributed by atoms with van der Waals surface area (Å²) in [5.74, 6) is 0. The molecule has 0 aromatic carbocycles. The fourth-order valence-electron chi connectivity index (χ4n) is 0.502. The molecule has 1 rings (SSSR count). The van der Waals surface area contributed by atoms with Crippen molar-refractivity contribution in [3.05, 3.63) is 22.4 Å². The van der Waals surface area contributed by atoms with Crippen LogP contribution in [0.25, 0.3) is 0 Å². The molecule has 0 unspecified atom stereocenters. The standard InChI is InChI=1S/C5BrF4N2/c6-2-1-11-4(7)12-3(2)5(8,9)10. The first-order valence-corrected chi connectivity index (χ1v) is 3.38. The number of rotatable bonds is 0. The number of hydrogen-bond acceptors (Lipinski definition) is 2. The van der Waals surface area contributed by atoms with Crippen LogP contribution in [0.4, 0.5) is 17.6 Å². The van der Waals surface area contributed by atoms with Gasteiger partial charge in [-0.05, 0) is 15.9 Å². The third kappa shape index (κ3) is 1.90. The third-order valence-electron chi connectivity index (χ3n) is 0.927. The van der Waals surface area contributed by atoms with Crippen molar-refractivity contribution < 1.29 is 17.6 Å². The van der Waals surface area contributed by atoms with Gasteiger partial charge in [0.1, 0.15) is 6.20 Å². The molecule has 0 saturated heterocycles. The Bertz CT molecular complexity index is 298. The summed E-state index contributed by atoms with van der Waals surface area (Å²) in [6, 6.07) is 0. The Morgan fingerprint density at radius 1 is 1.33 bits per heavy atom. The second-order valence-corrected chi connectivity index (χ2v) is 2.56. The molecule has 0 fully saturated rings. The average Bonchev–Trinajstić information content (AvgIpc) is 1.92. The van der Waals surface area contributed by atoms with Crippen molar-refractivity contribution in [3.63, 3.8) is 0 Å². The van der Waals surface area contributed by atoms with Crippen LogP contribution in [0.5, 0.6) is 0 Å². The molecule has 0 spiro atoms. The lowest BCUT2D eigenvalue weighted by molar-refractivity contribution is -0.142. The minimum atomic E-state index is -4.70. The molecule has 12 heavy (non-hydrogen) atoms. The second-order valence-electron chi connectivity index (χ2n) is 1.76. The minimum Gasteiger partial charge on any atom is -0.199 e. The molecule has 7 heteroatoms. The predicted molar refractivity (Wildman–Crippen MR) is 33.5 cm³/mol. The number of nitrogens with zero attached hydrogens (tertiary/aromatic N) is 2. The number of alkyl halides is 3. The zero-order valence-corrected chi connectivity index (χ0v) is 6.87. The van der Waals surface area contributed by atoms with Gasteiger partial charge in [0.25, 0.3) is 0 Å². The van der Waals surface area contributed by atoms with Crippen LogP contribution in [-0.2, 0) is 6.18 Å². The van der Waals surface area contributed by atoms with Crippen molar-refractivity contribution in [2.24, 2.45) is 0 Å². The van der Waals surface area contributed by atoms with E-state index in [4.69, 9.17) is 0 Å². The van der Waals surface area contributed by atoms with Crippen LogP contribution in [0.3, 0.4) is 0 Å². The van der Waals surface area contributed by atoms with Crippen molar-refractivity contribution in [1.29, 1.82) is 0 Å². The van der Waals surface area contributed by atoms with Crippen molar-refractivity contribution in [2.45, 2.75) is 6.18 Å². The Labute approximate surface area is 72.8 Å². The zero-order chi connectivity index (χ0) is 9.35. The van der Waals surface area contributed by atoms with E-state index in [0.29, 0.717) is 0 Å². The fourth-order valence-corrected chi connectivity index (χ4v) is 0.904. The summed E-state index contributed by atoms with van der Waals surface area (Å²) in [4.78, 5) is 5.37. The van der Waals surface area contributed by atoms with Crippen molar-refractivity contribution >= 4 is 15.9 Å². The highest BCUT2D eigenvalue weighted by Crippen LogP contribution is 2.32. The maximum atomic E-state index is 12.1. The van der Waals surface area contributed by atoms with E-state index >= 15 is 0 Å². The molecule has 1 radical (unpaired) electrons. The maximum absolute atomic E-state index is 12.1. The molecule has 1 aromatic rings. The van der Waals surface area contributed by atoms with Gasteiger partial charge >= 0.3 is 12.3 Å². The van der Waals surface area contributed by atoms with Gasteiger partial charge in [-0.3, -0.25) is 0 Å². The zero-order valence-electron chi connectivity index (χ0n) is 5.28. The maximum Gasteiger partial charge on any atom is 0.434 e. The summed E-state index contributed by atoms with van der Waals surface area (Å²) in [6.45, 7) is 0. The largest absolute Gasteiger partial charge is 0.434 e. The highest BCUT2D eigenvalue weighted by atomic mass is 79.9. The second kappa shape index (κ2) is 2.96. The van der Waals surface area contributed by atoms with Crippen molar-refractivity contribution in [3.8, 4) is 0 Å². The normalized spacial score (nSPS) is 11.8. The average molecular weight is 244 g/mol. The molecule has 0 atom stereocenters. The van der Waals surface area contributed by atoms with E-state index in [1.807, 2.05) is 0 Å². The molecule has 1 heterocycles. The van der Waals surface area contributed by atoms with E-state index in [1.165, 1.54) is 0 Å². The first-order chi connectivity index (χ1) is 5.41. The fraction of sp³-hybridized carbons (Fsp3) is 0.200. The van der Waals surface area contributed by atoms with Crippen LogP contribution in [-0.4, -0.2) is 9.97 Å². The monoisotopic (exact) mass is 243 g/mol. The third-order valence-corrected chi connectivity index (χ3v) is 1.48. The molecular formula is C5BrF4N2. The molecule has 65 valence electrons. The van der Waals surface area contributed by atoms with Gasteiger partial charge in [0, 0.05) is 0 Å². The SMILES string of the molecule is Fc1n[c]c(Br)c(C(F)(F)F)n1. The highest BCUT2D eigenvalue weighted by Gasteiger charge is 2.35. The highest BCUT2D eigenvalue weighted by molar-refractivity contribution is 9.10. The number of hydrogen-bond donors (Lipinski definition) is 0. The van der Waals surface area contributed by atoms with E-state index in [1.54, 1.807) is 6.20 Å². The Morgan fingerprint density at radius 3 is 2.33 bits per heavy atom. The van der Waals surface area contributed by atoms with Crippen molar-refractivity contribution in [2.75, 3.05) is 0 Å². The van der Waals surface area contributed by atoms with Crippen LogP contribution in [0.2, 0.25) is 0 Å². The van der Waals surface area contributed by atoms with Gasteiger partial charge in [-0.1, -0.05) is 0 Å². The first kappa shape index (κ1) is 9.37. The van der Waals surface area contributed by atoms with Crippen LogP contribution in [0.15, 0.2) is 4.47 Å². The predicted octanol–water partition coefficient (Wildman–Crippen LogP) is 2.20. The van der Waals surface area contributed by atoms with Gasteiger partial charge in [0.05, 0.1) is 4.47 Å². The lowest BCUT2D eigenvalue weighted by atomic mass is 10.4. The Morgan fingerprint density at radius 2 is 1.92 bits per heavy atom. The van der Waals surface area contributed by atoms with Gasteiger partial charge in [-0.2, -0.15) is 27.5 Å². The molecule has 0 aliphatic rings. The molecule has 2 nitrogen and oxygen atoms in total. The van der Waals surface area contributed by atoms with Crippen LogP contribution < -0.4 is 0 Å². The lowest BCUT2D eigenvalue weighted by Crippen LogP contribution is -2.11. The molecule has 0 amide bonds. The molecule has 0 aliphatic carbocycles. The van der Waals surface area contributed by atoms with Gasteiger partial charge in [0.2, 0.25) is 0 Å². The number of halogens is 5. The molecular weight excluding hydrogens is 244 g/mol. The van der Waals surface area contributed by atoms with Crippen LogP contribution in [0, 0.1) is 12.3 Å². The molecule has 0 aliphatic heterocycles. The van der Waals surface area contributed by atoms with Gasteiger partial charge in [-0.25, -0.2) is 0 Å². The quantitative estimate of drug-likeness (QED) is 0.516. The Kier molecular flexibility index (Phi) is 2.31. The molecule has 0 N–H and O–H groups in total. The van der Waals surface area contributed by atoms with Gasteiger partial charge in [0.15, 0.2) is 5.69 Å². The number of aromatic nitrogens is 2. The molecule has 1 aromatic heterocycles. The summed E-state index contributed by atoms with van der Waals surface area (Å²) in [6.07, 6.45) is -4.36. The summed E-state index contributed by atoms with van der Waals surface area (Å²) < 4.78 is 47.4. The van der Waals surface area contributed by atoms with Gasteiger partial charge in [-0.15, -0.1) is 0 Å². The van der Waals surface area contributed by atoms with E-state index in [2.05, 4.69) is 25.9 Å². The summed E-state index contributed by atoms with van der Waals surface area (Å²) in [7, 11) is 0. The first-order valence-electron chi connectivity index (χ1n) is 2.59. The Hall–Kier alpha value is -0.720. The topological polar surface area (TPSA) is 25.8 Å². The van der Waals surface area contributed by atoms with E-state index < -0.39 is 22.4 Å². The van der Waals surface area contributed by atoms with E-state index in [0.717, 1.165) is 0 Å². The summed E-state index contributed by atoms with van der Waals surface area (Å²) >= 11 is 2.50. The molecule has 0 saturated carbocycles. The minimum absolute atomic E-state index is 0.503. The van der Waals surface area contributed by atoms with Crippen molar-refractivity contribution in [1.82, 2.24) is 9.97 Å². The van der Waals surface area contributed by atoms with E-state index in [-0.39, 0.29) is 0 Å². The van der Waals surface area contributed by atoms with Crippen LogP contribution >= 0.6 is 15.9 Å². The Balaban J connectivity index is 3.23.